The van der Waals surface area contributed by atoms with Gasteiger partial charge < -0.3 is 14.6 Å². The smallest absolute Gasteiger partial charge is 0.416 e. The second kappa shape index (κ2) is 7.29. The van der Waals surface area contributed by atoms with E-state index in [9.17, 15) is 9.90 Å². The molecule has 1 fully saturated rings. The number of hydrogen-bond donors (Lipinski definition) is 1. The molecule has 2 aliphatic heterocycles. The summed E-state index contributed by atoms with van der Waals surface area (Å²) in [7, 11) is 0. The highest BCUT2D eigenvalue weighted by molar-refractivity contribution is 5.75. The SMILES string of the molecule is CC12CC=C(c3ccccc3)OC1(O)OC(=O)N2C(c1ccccc1)c1ccccc1. The minimum Gasteiger partial charge on any atom is -0.428 e. The molecule has 3 aromatic rings. The first-order chi connectivity index (χ1) is 15.0. The molecule has 0 aromatic heterocycles. The van der Waals surface area contributed by atoms with Crippen molar-refractivity contribution in [3.8, 4) is 0 Å². The number of ether oxygens (including phenoxy) is 2. The Morgan fingerprint density at radius 3 is 1.90 bits per heavy atom. The van der Waals surface area contributed by atoms with Gasteiger partial charge in [0, 0.05) is 12.0 Å². The van der Waals surface area contributed by atoms with Crippen LogP contribution in [-0.4, -0.2) is 27.6 Å². The summed E-state index contributed by atoms with van der Waals surface area (Å²) in [5, 5.41) is 11.4. The molecule has 2 atom stereocenters. The fourth-order valence-corrected chi connectivity index (χ4v) is 4.40. The van der Waals surface area contributed by atoms with Crippen LogP contribution in [-0.2, 0) is 9.47 Å². The lowest BCUT2D eigenvalue weighted by Gasteiger charge is -2.44. The Balaban J connectivity index is 1.60. The molecule has 5 rings (SSSR count). The molecule has 2 heterocycles. The number of hydrogen-bond acceptors (Lipinski definition) is 4. The summed E-state index contributed by atoms with van der Waals surface area (Å²) < 4.78 is 11.5. The molecule has 156 valence electrons. The molecular formula is C26H23NO4. The quantitative estimate of drug-likeness (QED) is 0.647. The maximum absolute atomic E-state index is 13.2. The number of carbonyl (C=O) groups is 1. The third kappa shape index (κ3) is 3.09. The number of rotatable bonds is 4. The molecule has 31 heavy (non-hydrogen) atoms. The van der Waals surface area contributed by atoms with Crippen LogP contribution in [0.4, 0.5) is 4.79 Å². The van der Waals surface area contributed by atoms with E-state index in [1.165, 1.54) is 0 Å². The first-order valence-corrected chi connectivity index (χ1v) is 10.3. The molecular weight excluding hydrogens is 390 g/mol. The number of carbonyl (C=O) groups excluding carboxylic acids is 1. The van der Waals surface area contributed by atoms with Crippen molar-refractivity contribution in [2.75, 3.05) is 0 Å². The number of amides is 1. The summed E-state index contributed by atoms with van der Waals surface area (Å²) in [5.41, 5.74) is 1.54. The van der Waals surface area contributed by atoms with Crippen molar-refractivity contribution >= 4 is 11.9 Å². The normalized spacial score (nSPS) is 24.9. The highest BCUT2D eigenvalue weighted by atomic mass is 16.9. The van der Waals surface area contributed by atoms with E-state index in [4.69, 9.17) is 9.47 Å². The topological polar surface area (TPSA) is 59.0 Å². The number of aliphatic hydroxyl groups is 1. The van der Waals surface area contributed by atoms with Crippen LogP contribution in [0.3, 0.4) is 0 Å². The van der Waals surface area contributed by atoms with Gasteiger partial charge in [-0.25, -0.2) is 4.79 Å². The van der Waals surface area contributed by atoms with Gasteiger partial charge in [-0.05, 0) is 24.1 Å². The standard InChI is InChI=1S/C26H23NO4/c1-25-18-17-22(19-11-5-2-6-12-19)30-26(25,29)31-24(28)27(25)23(20-13-7-3-8-14-20)21-15-9-4-10-16-21/h2-17,23,29H,18H2,1H3. The van der Waals surface area contributed by atoms with Gasteiger partial charge in [0.05, 0.1) is 6.04 Å². The minimum absolute atomic E-state index is 0.371. The fourth-order valence-electron chi connectivity index (χ4n) is 4.40. The maximum atomic E-state index is 13.2. The van der Waals surface area contributed by atoms with Crippen molar-refractivity contribution < 1.29 is 19.4 Å². The first kappa shape index (κ1) is 19.4. The molecule has 2 unspecified atom stereocenters. The molecule has 1 N–H and O–H groups in total. The van der Waals surface area contributed by atoms with Crippen LogP contribution in [0, 0.1) is 0 Å². The van der Waals surface area contributed by atoms with E-state index in [0.29, 0.717) is 12.2 Å². The Hall–Kier alpha value is -3.57. The molecule has 0 radical (unpaired) electrons. The van der Waals surface area contributed by atoms with Crippen molar-refractivity contribution in [2.24, 2.45) is 0 Å². The summed E-state index contributed by atoms with van der Waals surface area (Å²) in [4.78, 5) is 14.8. The van der Waals surface area contributed by atoms with Crippen LogP contribution in [0.5, 0.6) is 0 Å². The lowest BCUT2D eigenvalue weighted by molar-refractivity contribution is -0.327. The van der Waals surface area contributed by atoms with Gasteiger partial charge in [0.25, 0.3) is 0 Å². The maximum Gasteiger partial charge on any atom is 0.416 e. The number of benzene rings is 3. The molecule has 0 aliphatic carbocycles. The minimum atomic E-state index is -2.11. The Bertz CT molecular complexity index is 1080. The molecule has 0 saturated carbocycles. The summed E-state index contributed by atoms with van der Waals surface area (Å²) in [5.74, 6) is -1.61. The Kier molecular flexibility index (Phi) is 4.56. The lowest BCUT2D eigenvalue weighted by atomic mass is 9.86. The van der Waals surface area contributed by atoms with Crippen molar-refractivity contribution in [3.05, 3.63) is 114 Å². The van der Waals surface area contributed by atoms with E-state index in [1.807, 2.05) is 97.1 Å². The number of fused-ring (bicyclic) bond motifs is 1. The monoisotopic (exact) mass is 413 g/mol. The van der Waals surface area contributed by atoms with Gasteiger partial charge in [-0.15, -0.1) is 0 Å². The summed E-state index contributed by atoms with van der Waals surface area (Å²) in [6.07, 6.45) is 1.66. The molecule has 1 amide bonds. The molecule has 1 saturated heterocycles. The summed E-state index contributed by atoms with van der Waals surface area (Å²) in [6, 6.07) is 28.5. The average Bonchev–Trinajstić information content (AvgIpc) is 3.01. The first-order valence-electron chi connectivity index (χ1n) is 10.3. The third-order valence-corrected chi connectivity index (χ3v) is 6.12. The zero-order valence-electron chi connectivity index (χ0n) is 17.1. The van der Waals surface area contributed by atoms with Crippen LogP contribution >= 0.6 is 0 Å². The van der Waals surface area contributed by atoms with Gasteiger partial charge >= 0.3 is 12.1 Å². The van der Waals surface area contributed by atoms with Crippen LogP contribution in [0.2, 0.25) is 0 Å². The van der Waals surface area contributed by atoms with Gasteiger partial charge in [0.2, 0.25) is 0 Å². The second-order valence-electron chi connectivity index (χ2n) is 8.06. The zero-order chi connectivity index (χ0) is 21.5. The van der Waals surface area contributed by atoms with Crippen molar-refractivity contribution in [1.82, 2.24) is 4.90 Å². The largest absolute Gasteiger partial charge is 0.428 e. The van der Waals surface area contributed by atoms with E-state index in [1.54, 1.807) is 11.8 Å². The van der Waals surface area contributed by atoms with E-state index >= 15 is 0 Å². The number of nitrogens with zero attached hydrogens (tertiary/aromatic N) is 1. The molecule has 3 aromatic carbocycles. The predicted octanol–water partition coefficient (Wildman–Crippen LogP) is 5.09. The fraction of sp³-hybridized carbons (Fsp3) is 0.192. The van der Waals surface area contributed by atoms with E-state index in [0.717, 1.165) is 16.7 Å². The molecule has 5 heteroatoms. The highest BCUT2D eigenvalue weighted by Crippen LogP contribution is 2.51. The van der Waals surface area contributed by atoms with Gasteiger partial charge in [0.15, 0.2) is 5.54 Å². The van der Waals surface area contributed by atoms with Crippen LogP contribution in [0.15, 0.2) is 97.1 Å². The second-order valence-corrected chi connectivity index (χ2v) is 8.06. The van der Waals surface area contributed by atoms with E-state index in [2.05, 4.69) is 0 Å². The van der Waals surface area contributed by atoms with Gasteiger partial charge in [-0.1, -0.05) is 91.0 Å². The van der Waals surface area contributed by atoms with Crippen LogP contribution in [0.1, 0.15) is 36.1 Å². The molecule has 0 spiro atoms. The Morgan fingerprint density at radius 1 is 0.839 bits per heavy atom. The summed E-state index contributed by atoms with van der Waals surface area (Å²) in [6.45, 7) is 1.80. The zero-order valence-corrected chi connectivity index (χ0v) is 17.1. The van der Waals surface area contributed by atoms with Crippen molar-refractivity contribution in [1.29, 1.82) is 0 Å². The van der Waals surface area contributed by atoms with Gasteiger partial charge in [0.1, 0.15) is 5.76 Å². The lowest BCUT2D eigenvalue weighted by Crippen LogP contribution is -2.59. The average molecular weight is 413 g/mol. The van der Waals surface area contributed by atoms with Crippen molar-refractivity contribution in [2.45, 2.75) is 30.9 Å². The van der Waals surface area contributed by atoms with Crippen LogP contribution in [0.25, 0.3) is 5.76 Å². The molecule has 0 bridgehead atoms. The van der Waals surface area contributed by atoms with Gasteiger partial charge in [-0.3, -0.25) is 4.90 Å². The van der Waals surface area contributed by atoms with E-state index in [-0.39, 0.29) is 0 Å². The summed E-state index contributed by atoms with van der Waals surface area (Å²) >= 11 is 0. The van der Waals surface area contributed by atoms with Gasteiger partial charge in [-0.2, -0.15) is 0 Å². The Labute approximate surface area is 181 Å². The van der Waals surface area contributed by atoms with Crippen molar-refractivity contribution in [3.63, 3.8) is 0 Å². The molecule has 5 nitrogen and oxygen atoms in total. The predicted molar refractivity (Wildman–Crippen MR) is 117 cm³/mol. The molecule has 2 aliphatic rings. The third-order valence-electron chi connectivity index (χ3n) is 6.12. The Morgan fingerprint density at radius 2 is 1.35 bits per heavy atom. The highest BCUT2D eigenvalue weighted by Gasteiger charge is 2.68. The van der Waals surface area contributed by atoms with E-state index < -0.39 is 23.6 Å². The van der Waals surface area contributed by atoms with Crippen LogP contribution < -0.4 is 0 Å².